The predicted molar refractivity (Wildman–Crippen MR) is 300 cm³/mol. The first-order valence-electron chi connectivity index (χ1n) is 24.4. The van der Waals surface area contributed by atoms with Crippen LogP contribution in [0, 0.1) is 6.92 Å². The lowest BCUT2D eigenvalue weighted by Crippen LogP contribution is -2.21. The number of aryl methyl sites for hydroxylation is 2. The van der Waals surface area contributed by atoms with Crippen molar-refractivity contribution in [1.82, 2.24) is 4.57 Å². The van der Waals surface area contributed by atoms with E-state index in [0.717, 1.165) is 86.7 Å². The zero-order valence-electron chi connectivity index (χ0n) is 40.0. The molecule has 2 aromatic heterocycles. The second-order valence-electron chi connectivity index (χ2n) is 18.5. The van der Waals surface area contributed by atoms with Crippen molar-refractivity contribution in [2.75, 3.05) is 4.90 Å². The largest absolute Gasteiger partial charge is 0.310 e. The zero-order chi connectivity index (χ0) is 47.5. The summed E-state index contributed by atoms with van der Waals surface area (Å²) < 4.78 is 3.77. The van der Waals surface area contributed by atoms with Gasteiger partial charge in [0.05, 0.1) is 22.4 Å². The number of hydrogen-bond donors (Lipinski definition) is 0. The molecule has 0 fully saturated rings. The molecule has 0 N–H and O–H groups in total. The van der Waals surface area contributed by atoms with Gasteiger partial charge in [0.2, 0.25) is 0 Å². The molecule has 338 valence electrons. The van der Waals surface area contributed by atoms with Crippen LogP contribution in [0.25, 0.3) is 65.7 Å². The molecule has 12 rings (SSSR count). The van der Waals surface area contributed by atoms with Crippen molar-refractivity contribution < 1.29 is 0 Å². The van der Waals surface area contributed by atoms with Gasteiger partial charge in [-0.05, 0) is 139 Å². The number of allylic oxidation sites excluding steroid dienone is 2. The van der Waals surface area contributed by atoms with E-state index in [0.29, 0.717) is 5.84 Å². The van der Waals surface area contributed by atoms with Crippen molar-refractivity contribution in [2.45, 2.75) is 47.0 Å². The molecule has 5 heteroatoms. The van der Waals surface area contributed by atoms with Crippen LogP contribution in [0.4, 0.5) is 11.4 Å². The van der Waals surface area contributed by atoms with Crippen LogP contribution in [0.2, 0.25) is 0 Å². The molecule has 0 radical (unpaired) electrons. The minimum Gasteiger partial charge on any atom is -0.310 e. The molecular weight excluding hydrogens is 869 g/mol. The van der Waals surface area contributed by atoms with E-state index in [-0.39, 0.29) is 0 Å². The molecule has 2 aliphatic rings. The van der Waals surface area contributed by atoms with Gasteiger partial charge in [-0.15, -0.1) is 11.3 Å². The highest BCUT2D eigenvalue weighted by Crippen LogP contribution is 2.52. The number of hydrogen-bond acceptors (Lipinski definition) is 3. The van der Waals surface area contributed by atoms with Crippen molar-refractivity contribution in [3.8, 4) is 16.8 Å². The summed E-state index contributed by atoms with van der Waals surface area (Å²) in [6.45, 7) is 13.6. The van der Waals surface area contributed by atoms with Gasteiger partial charge in [0.25, 0.3) is 0 Å². The lowest BCUT2D eigenvalue weighted by atomic mass is 9.85. The van der Waals surface area contributed by atoms with E-state index in [2.05, 4.69) is 225 Å². The van der Waals surface area contributed by atoms with Gasteiger partial charge < -0.3 is 9.47 Å². The molecule has 1 aliphatic carbocycles. The molecule has 3 heterocycles. The highest BCUT2D eigenvalue weighted by Gasteiger charge is 2.31. The second-order valence-corrected chi connectivity index (χ2v) is 19.6. The van der Waals surface area contributed by atoms with Crippen LogP contribution >= 0.6 is 11.3 Å². The summed E-state index contributed by atoms with van der Waals surface area (Å²) in [4.78, 5) is 14.6. The number of nitrogens with zero attached hydrogens (tertiary/aromatic N) is 4. The summed E-state index contributed by atoms with van der Waals surface area (Å²) >= 11 is 1.93. The third kappa shape index (κ3) is 7.37. The first-order chi connectivity index (χ1) is 34.3. The number of amidine groups is 1. The molecule has 0 bridgehead atoms. The van der Waals surface area contributed by atoms with Gasteiger partial charge in [0.15, 0.2) is 5.84 Å². The quantitative estimate of drug-likeness (QED) is 0.110. The normalized spacial score (nSPS) is 14.1. The average Bonchev–Trinajstić information content (AvgIpc) is 3.96. The van der Waals surface area contributed by atoms with Crippen molar-refractivity contribution in [1.29, 1.82) is 0 Å². The number of fused-ring (bicyclic) bond motifs is 9. The summed E-state index contributed by atoms with van der Waals surface area (Å²) in [5, 5.41) is 3.78. The van der Waals surface area contributed by atoms with Crippen molar-refractivity contribution in [2.24, 2.45) is 9.98 Å². The molecule has 0 saturated carbocycles. The fourth-order valence-electron chi connectivity index (χ4n) is 10.6. The van der Waals surface area contributed by atoms with E-state index in [9.17, 15) is 0 Å². The monoisotopic (exact) mass is 920 g/mol. The highest BCUT2D eigenvalue weighted by atomic mass is 32.1. The minimum atomic E-state index is 0.665. The van der Waals surface area contributed by atoms with E-state index in [4.69, 9.17) is 16.6 Å². The van der Waals surface area contributed by atoms with E-state index in [1.807, 2.05) is 17.4 Å². The average molecular weight is 921 g/mol. The number of thiophene rings is 1. The lowest BCUT2D eigenvalue weighted by molar-refractivity contribution is 0.998. The molecule has 4 nitrogen and oxygen atoms in total. The number of aliphatic imine (C=N–C) groups is 2. The molecule has 0 amide bonds. The van der Waals surface area contributed by atoms with Gasteiger partial charge in [-0.25, -0.2) is 9.98 Å². The molecule has 10 aromatic rings. The summed E-state index contributed by atoms with van der Waals surface area (Å²) in [5.41, 5.74) is 21.4. The first kappa shape index (κ1) is 43.2. The van der Waals surface area contributed by atoms with E-state index in [1.54, 1.807) is 0 Å². The van der Waals surface area contributed by atoms with Crippen LogP contribution in [0.15, 0.2) is 216 Å². The van der Waals surface area contributed by atoms with E-state index in [1.165, 1.54) is 64.7 Å². The van der Waals surface area contributed by atoms with Gasteiger partial charge in [-0.3, -0.25) is 0 Å². The maximum Gasteiger partial charge on any atom is 0.160 e. The Labute approximate surface area is 414 Å². The summed E-state index contributed by atoms with van der Waals surface area (Å²) in [7, 11) is 0. The second kappa shape index (κ2) is 17.8. The van der Waals surface area contributed by atoms with Gasteiger partial charge in [-0.2, -0.15) is 0 Å². The minimum absolute atomic E-state index is 0.665. The Morgan fingerprint density at radius 1 is 0.600 bits per heavy atom. The highest BCUT2D eigenvalue weighted by molar-refractivity contribution is 7.20. The summed E-state index contributed by atoms with van der Waals surface area (Å²) in [6.07, 6.45) is 5.43. The van der Waals surface area contributed by atoms with Crippen LogP contribution in [0.5, 0.6) is 0 Å². The Morgan fingerprint density at radius 2 is 1.31 bits per heavy atom. The molecule has 0 saturated heterocycles. The summed E-state index contributed by atoms with van der Waals surface area (Å²) in [5.74, 6) is 0.665. The standard InChI is InChI=1S/C65H52N4S/c1-6-41(2)63(46-24-11-8-12-25-46)67-65(66-43(4)45-22-9-7-10-23-45)48-26-19-27-49(37-48)69-59-33-17-14-28-51(59)57-39-55-54(40-61(57)69)44(5)68(58-32-16-13-21-42(58)3)60-36-35-47(38-56(55)60)50-30-20-31-53-52-29-15-18-34-62(52)70-64(50)53/h7-19,21-30,32-40H,5-6,20,31H2,1-4H3/b63-41+,66-43?,67-65?. The molecule has 0 spiro atoms. The lowest BCUT2D eigenvalue weighted by Gasteiger charge is -2.36. The van der Waals surface area contributed by atoms with Gasteiger partial charge in [-0.1, -0.05) is 153 Å². The third-order valence-electron chi connectivity index (χ3n) is 14.3. The Morgan fingerprint density at radius 3 is 2.11 bits per heavy atom. The molecular formula is C65H52N4S. The fraction of sp³-hybridized carbons (Fsp3) is 0.108. The van der Waals surface area contributed by atoms with Crippen LogP contribution in [0.1, 0.15) is 77.4 Å². The molecule has 70 heavy (non-hydrogen) atoms. The van der Waals surface area contributed by atoms with Crippen LogP contribution in [0.3, 0.4) is 0 Å². The Hall–Kier alpha value is -8.12. The van der Waals surface area contributed by atoms with Crippen molar-refractivity contribution in [3.63, 3.8) is 0 Å². The van der Waals surface area contributed by atoms with Crippen LogP contribution in [-0.4, -0.2) is 16.1 Å². The number of anilines is 2. The number of rotatable bonds is 8. The topological polar surface area (TPSA) is 32.9 Å². The van der Waals surface area contributed by atoms with Crippen LogP contribution < -0.4 is 4.90 Å². The predicted octanol–water partition coefficient (Wildman–Crippen LogP) is 17.6. The number of benzene rings is 8. The van der Waals surface area contributed by atoms with Gasteiger partial charge in [0.1, 0.15) is 0 Å². The maximum atomic E-state index is 5.48. The third-order valence-corrected chi connectivity index (χ3v) is 15.5. The van der Waals surface area contributed by atoms with Gasteiger partial charge >= 0.3 is 0 Å². The summed E-state index contributed by atoms with van der Waals surface area (Å²) in [6, 6.07) is 67.9. The smallest absolute Gasteiger partial charge is 0.160 e. The molecule has 0 unspecified atom stereocenters. The van der Waals surface area contributed by atoms with Crippen molar-refractivity contribution >= 4 is 83.1 Å². The first-order valence-corrected chi connectivity index (χ1v) is 25.2. The zero-order valence-corrected chi connectivity index (χ0v) is 40.8. The van der Waals surface area contributed by atoms with E-state index >= 15 is 0 Å². The van der Waals surface area contributed by atoms with E-state index < -0.39 is 0 Å². The maximum absolute atomic E-state index is 5.48. The van der Waals surface area contributed by atoms with Crippen molar-refractivity contribution in [3.05, 3.63) is 250 Å². The molecule has 8 aromatic carbocycles. The number of para-hydroxylation sites is 2. The van der Waals surface area contributed by atoms with Gasteiger partial charge in [0, 0.05) is 65.4 Å². The fourth-order valence-corrected chi connectivity index (χ4v) is 11.9. The Bertz CT molecular complexity index is 3860. The Kier molecular flexibility index (Phi) is 11.0. The molecule has 1 aliphatic heterocycles. The Balaban J connectivity index is 1.06. The molecule has 0 atom stereocenters. The number of aromatic nitrogens is 1. The van der Waals surface area contributed by atoms with Crippen LogP contribution in [-0.2, 0) is 6.42 Å². The SMILES string of the molecule is C=C1c2cc3c(cc2-c2cc(C4=CCCc5c4sc4ccccc54)ccc2N1c1ccccc1C)c1ccccc1n3-c1cccc(C(N=C(C)c2ccccc2)=N/C(=C(\C)CC)c2ccccc2)c1.